The summed E-state index contributed by atoms with van der Waals surface area (Å²) in [5.74, 6) is 0. The van der Waals surface area contributed by atoms with Crippen molar-refractivity contribution in [2.24, 2.45) is 10.2 Å². The molecule has 4 heteroatoms. The molecule has 0 bridgehead atoms. The summed E-state index contributed by atoms with van der Waals surface area (Å²) < 4.78 is 0. The topological polar surface area (TPSA) is 50.5 Å². The lowest BCUT2D eigenvalue weighted by Gasteiger charge is -2.03. The van der Waals surface area contributed by atoms with Crippen molar-refractivity contribution in [3.63, 3.8) is 0 Å². The van der Waals surface area contributed by atoms with Crippen LogP contribution in [0, 0.1) is 0 Å². The largest absolute Gasteiger partial charge is 0.264 e. The number of hydrogen-bond acceptors (Lipinski definition) is 4. The Morgan fingerprint density at radius 3 is 1.18 bits per heavy atom. The zero-order valence-electron chi connectivity index (χ0n) is 19.7. The van der Waals surface area contributed by atoms with E-state index in [-0.39, 0.29) is 0 Å². The maximum Gasteiger partial charge on any atom is 0.0857 e. The van der Waals surface area contributed by atoms with Gasteiger partial charge in [0.15, 0.2) is 0 Å². The predicted molar refractivity (Wildman–Crippen MR) is 139 cm³/mol. The van der Waals surface area contributed by atoms with Crippen LogP contribution in [-0.2, 0) is 25.7 Å². The smallest absolute Gasteiger partial charge is 0.0857 e. The van der Waals surface area contributed by atoms with Crippen LogP contribution in [0.25, 0.3) is 0 Å². The molecule has 0 spiro atoms. The number of hydrogen-bond donors (Lipinski definition) is 0. The summed E-state index contributed by atoms with van der Waals surface area (Å²) in [5.41, 5.74) is 7.09. The lowest BCUT2D eigenvalue weighted by Crippen LogP contribution is -1.89. The van der Waals surface area contributed by atoms with Crippen LogP contribution in [0.5, 0.6) is 0 Å². The highest BCUT2D eigenvalue weighted by atomic mass is 15.1. The molecule has 172 valence electrons. The first-order valence-electron chi connectivity index (χ1n) is 12.2. The molecule has 0 fully saturated rings. The second kappa shape index (κ2) is 13.1. The van der Waals surface area contributed by atoms with Gasteiger partial charge in [-0.15, -0.1) is 0 Å². The molecule has 0 N–H and O–H groups in total. The molecule has 2 aromatic heterocycles. The number of pyridine rings is 2. The van der Waals surface area contributed by atoms with Crippen LogP contribution in [0.2, 0.25) is 0 Å². The Hall–Kier alpha value is -3.66. The number of rotatable bonds is 12. The molecule has 4 rings (SSSR count). The van der Waals surface area contributed by atoms with Crippen LogP contribution in [-0.4, -0.2) is 9.97 Å². The summed E-state index contributed by atoms with van der Waals surface area (Å²) in [7, 11) is 0. The van der Waals surface area contributed by atoms with Crippen molar-refractivity contribution in [2.45, 2.75) is 51.4 Å². The van der Waals surface area contributed by atoms with Gasteiger partial charge in [0, 0.05) is 24.8 Å². The van der Waals surface area contributed by atoms with Gasteiger partial charge in [-0.1, -0.05) is 36.4 Å². The Morgan fingerprint density at radius 2 is 0.824 bits per heavy atom. The minimum atomic E-state index is 0.888. The van der Waals surface area contributed by atoms with Gasteiger partial charge < -0.3 is 0 Å². The molecule has 34 heavy (non-hydrogen) atoms. The second-order valence-electron chi connectivity index (χ2n) is 8.67. The Morgan fingerprint density at radius 1 is 0.441 bits per heavy atom. The molecule has 0 unspecified atom stereocenters. The summed E-state index contributed by atoms with van der Waals surface area (Å²) in [6, 6.07) is 25.1. The second-order valence-corrected chi connectivity index (χ2v) is 8.67. The van der Waals surface area contributed by atoms with E-state index in [1.165, 1.54) is 47.9 Å². The minimum absolute atomic E-state index is 0.888. The minimum Gasteiger partial charge on any atom is -0.264 e. The van der Waals surface area contributed by atoms with E-state index in [1.807, 2.05) is 36.9 Å². The third-order valence-corrected chi connectivity index (χ3v) is 5.96. The first-order chi connectivity index (χ1) is 16.8. The van der Waals surface area contributed by atoms with Crippen LogP contribution in [0.15, 0.2) is 108 Å². The molecule has 2 aromatic carbocycles. The fraction of sp³-hybridized carbons (Fsp3) is 0.267. The molecular weight excluding hydrogens is 416 g/mol. The van der Waals surface area contributed by atoms with Gasteiger partial charge in [-0.3, -0.25) is 9.97 Å². The van der Waals surface area contributed by atoms with E-state index in [9.17, 15) is 0 Å². The van der Waals surface area contributed by atoms with E-state index in [2.05, 4.69) is 80.9 Å². The van der Waals surface area contributed by atoms with Crippen molar-refractivity contribution in [3.05, 3.63) is 120 Å². The monoisotopic (exact) mass is 448 g/mol. The number of nitrogens with zero attached hydrogens (tertiary/aromatic N) is 4. The molecule has 0 saturated carbocycles. The molecule has 0 saturated heterocycles. The third kappa shape index (κ3) is 8.04. The normalized spacial score (nSPS) is 11.2. The van der Waals surface area contributed by atoms with E-state index < -0.39 is 0 Å². The van der Waals surface area contributed by atoms with Gasteiger partial charge in [-0.05, 0) is 110 Å². The van der Waals surface area contributed by atoms with Gasteiger partial charge >= 0.3 is 0 Å². The first kappa shape index (κ1) is 23.5. The molecule has 4 nitrogen and oxygen atoms in total. The van der Waals surface area contributed by atoms with Crippen LogP contribution in [0.4, 0.5) is 11.4 Å². The van der Waals surface area contributed by atoms with Crippen molar-refractivity contribution in [1.29, 1.82) is 0 Å². The summed E-state index contributed by atoms with van der Waals surface area (Å²) in [5, 5.41) is 8.81. The first-order valence-corrected chi connectivity index (χ1v) is 12.2. The Bertz CT molecular complexity index is 1030. The lowest BCUT2D eigenvalue weighted by molar-refractivity contribution is 0.732. The van der Waals surface area contributed by atoms with Gasteiger partial charge in [-0.25, -0.2) is 0 Å². The number of unbranched alkanes of at least 4 members (excludes halogenated alkanes) is 2. The van der Waals surface area contributed by atoms with Crippen molar-refractivity contribution in [1.82, 2.24) is 9.97 Å². The Balaban J connectivity index is 1.16. The highest BCUT2D eigenvalue weighted by molar-refractivity contribution is 5.42. The van der Waals surface area contributed by atoms with Gasteiger partial charge in [0.25, 0.3) is 0 Å². The van der Waals surface area contributed by atoms with E-state index in [0.717, 1.165) is 37.1 Å². The molecular formula is C30H32N4. The fourth-order valence-electron chi connectivity index (χ4n) is 3.98. The standard InChI is InChI=1S/C30H32N4/c1(3-9-27-11-5-21-31-23-27)7-25-13-17-29(18-14-25)33-34-30-19-15-26(16-20-30)8-2-4-10-28-12-6-22-32-24-28/h5-6,11-24H,1-4,7-10H2. The van der Waals surface area contributed by atoms with Crippen LogP contribution in [0.3, 0.4) is 0 Å². The molecule has 0 aliphatic carbocycles. The van der Waals surface area contributed by atoms with Crippen molar-refractivity contribution in [3.8, 4) is 0 Å². The van der Waals surface area contributed by atoms with E-state index >= 15 is 0 Å². The number of benzene rings is 2. The van der Waals surface area contributed by atoms with Crippen molar-refractivity contribution in [2.75, 3.05) is 0 Å². The number of aromatic nitrogens is 2. The predicted octanol–water partition coefficient (Wildman–Crippen LogP) is 8.02. The summed E-state index contributed by atoms with van der Waals surface area (Å²) in [4.78, 5) is 8.36. The SMILES string of the molecule is c1cncc(CCCCc2ccc(N=Nc3ccc(CCCCc4cccnc4)cc3)cc2)c1. The van der Waals surface area contributed by atoms with Crippen LogP contribution in [0.1, 0.15) is 47.9 Å². The van der Waals surface area contributed by atoms with Gasteiger partial charge in [-0.2, -0.15) is 10.2 Å². The highest BCUT2D eigenvalue weighted by Gasteiger charge is 1.99. The molecule has 4 aromatic rings. The highest BCUT2D eigenvalue weighted by Crippen LogP contribution is 2.21. The number of azo groups is 1. The zero-order valence-corrected chi connectivity index (χ0v) is 19.7. The quantitative estimate of drug-likeness (QED) is 0.163. The van der Waals surface area contributed by atoms with Crippen LogP contribution >= 0.6 is 0 Å². The lowest BCUT2D eigenvalue weighted by atomic mass is 10.0. The summed E-state index contributed by atoms with van der Waals surface area (Å²) in [6.07, 6.45) is 16.6. The average Bonchev–Trinajstić information content (AvgIpc) is 2.90. The van der Waals surface area contributed by atoms with Gasteiger partial charge in [0.1, 0.15) is 0 Å². The molecule has 0 aliphatic heterocycles. The Labute approximate surface area is 202 Å². The number of aryl methyl sites for hydroxylation is 4. The van der Waals surface area contributed by atoms with Crippen LogP contribution < -0.4 is 0 Å². The molecule has 2 heterocycles. The van der Waals surface area contributed by atoms with Gasteiger partial charge in [0.2, 0.25) is 0 Å². The van der Waals surface area contributed by atoms with Crippen molar-refractivity contribution < 1.29 is 0 Å². The fourth-order valence-corrected chi connectivity index (χ4v) is 3.98. The average molecular weight is 449 g/mol. The third-order valence-electron chi connectivity index (χ3n) is 5.96. The zero-order chi connectivity index (χ0) is 23.3. The summed E-state index contributed by atoms with van der Waals surface area (Å²) >= 11 is 0. The molecule has 0 radical (unpaired) electrons. The van der Waals surface area contributed by atoms with E-state index in [0.29, 0.717) is 0 Å². The summed E-state index contributed by atoms with van der Waals surface area (Å²) in [6.45, 7) is 0. The van der Waals surface area contributed by atoms with Crippen molar-refractivity contribution >= 4 is 11.4 Å². The molecule has 0 amide bonds. The molecule has 0 aliphatic rings. The van der Waals surface area contributed by atoms with E-state index in [1.54, 1.807) is 0 Å². The van der Waals surface area contributed by atoms with Gasteiger partial charge in [0.05, 0.1) is 11.4 Å². The van der Waals surface area contributed by atoms with E-state index in [4.69, 9.17) is 0 Å². The Kier molecular flexibility index (Phi) is 9.08. The molecule has 0 atom stereocenters. The maximum absolute atomic E-state index is 4.40. The maximum atomic E-state index is 4.40.